The van der Waals surface area contributed by atoms with Crippen molar-refractivity contribution in [1.29, 1.82) is 0 Å². The third-order valence-electron chi connectivity index (χ3n) is 1.47. The SMILES string of the molecule is CC(=O)C(C)OCCOC(C)C. The van der Waals surface area contributed by atoms with Crippen LogP contribution in [-0.2, 0) is 14.3 Å². The number of rotatable bonds is 6. The molecule has 0 aliphatic heterocycles. The highest BCUT2D eigenvalue weighted by atomic mass is 16.5. The van der Waals surface area contributed by atoms with Crippen LogP contribution >= 0.6 is 0 Å². The highest BCUT2D eigenvalue weighted by Crippen LogP contribution is 1.93. The van der Waals surface area contributed by atoms with Crippen molar-refractivity contribution >= 4 is 5.78 Å². The van der Waals surface area contributed by atoms with Crippen LogP contribution in [0, 0.1) is 0 Å². The first-order chi connectivity index (χ1) is 5.54. The smallest absolute Gasteiger partial charge is 0.158 e. The van der Waals surface area contributed by atoms with E-state index in [-0.39, 0.29) is 18.0 Å². The summed E-state index contributed by atoms with van der Waals surface area (Å²) in [6, 6.07) is 0. The summed E-state index contributed by atoms with van der Waals surface area (Å²) in [5.74, 6) is 0.0551. The second kappa shape index (κ2) is 6.14. The summed E-state index contributed by atoms with van der Waals surface area (Å²) in [5, 5.41) is 0. The molecule has 0 N–H and O–H groups in total. The molecule has 3 nitrogen and oxygen atoms in total. The van der Waals surface area contributed by atoms with E-state index in [4.69, 9.17) is 9.47 Å². The van der Waals surface area contributed by atoms with Gasteiger partial charge in [-0.25, -0.2) is 0 Å². The molecule has 0 spiro atoms. The number of carbonyl (C=O) groups excluding carboxylic acids is 1. The molecule has 1 atom stereocenters. The number of Topliss-reactive ketones (excluding diaryl/α,β-unsaturated/α-hetero) is 1. The normalized spacial score (nSPS) is 13.4. The van der Waals surface area contributed by atoms with Crippen LogP contribution in [0.15, 0.2) is 0 Å². The van der Waals surface area contributed by atoms with Crippen molar-refractivity contribution in [3.63, 3.8) is 0 Å². The molecule has 12 heavy (non-hydrogen) atoms. The van der Waals surface area contributed by atoms with Gasteiger partial charge in [-0.3, -0.25) is 4.79 Å². The lowest BCUT2D eigenvalue weighted by Crippen LogP contribution is -2.20. The van der Waals surface area contributed by atoms with Crippen LogP contribution in [0.1, 0.15) is 27.7 Å². The molecular formula is C9H18O3. The summed E-state index contributed by atoms with van der Waals surface area (Å²) >= 11 is 0. The molecule has 0 saturated heterocycles. The predicted octanol–water partition coefficient (Wildman–Crippen LogP) is 1.41. The van der Waals surface area contributed by atoms with Crippen LogP contribution < -0.4 is 0 Å². The van der Waals surface area contributed by atoms with E-state index in [0.717, 1.165) is 0 Å². The third-order valence-corrected chi connectivity index (χ3v) is 1.47. The lowest BCUT2D eigenvalue weighted by atomic mass is 10.3. The number of hydrogen-bond acceptors (Lipinski definition) is 3. The minimum atomic E-state index is -0.305. The quantitative estimate of drug-likeness (QED) is 0.571. The fraction of sp³-hybridized carbons (Fsp3) is 0.889. The molecule has 0 saturated carbocycles. The lowest BCUT2D eigenvalue weighted by molar-refractivity contribution is -0.128. The third kappa shape index (κ3) is 6.31. The standard InChI is InChI=1S/C9H18O3/c1-7(2)11-5-6-12-9(4)8(3)10/h7,9H,5-6H2,1-4H3. The van der Waals surface area contributed by atoms with E-state index in [1.807, 2.05) is 13.8 Å². The molecule has 0 aliphatic carbocycles. The average Bonchev–Trinajstić information content (AvgIpc) is 1.97. The zero-order valence-electron chi connectivity index (χ0n) is 8.29. The van der Waals surface area contributed by atoms with Gasteiger partial charge >= 0.3 is 0 Å². The van der Waals surface area contributed by atoms with Gasteiger partial charge in [0, 0.05) is 0 Å². The zero-order chi connectivity index (χ0) is 9.56. The fourth-order valence-electron chi connectivity index (χ4n) is 0.626. The fourth-order valence-corrected chi connectivity index (χ4v) is 0.626. The Balaban J connectivity index is 3.25. The van der Waals surface area contributed by atoms with Crippen LogP contribution in [0.25, 0.3) is 0 Å². The Morgan fingerprint density at radius 1 is 1.17 bits per heavy atom. The molecule has 0 fully saturated rings. The van der Waals surface area contributed by atoms with Crippen LogP contribution in [0.2, 0.25) is 0 Å². The van der Waals surface area contributed by atoms with Crippen molar-refractivity contribution in [2.45, 2.75) is 39.9 Å². The molecule has 72 valence electrons. The summed E-state index contributed by atoms with van der Waals surface area (Å²) < 4.78 is 10.4. The molecule has 0 aromatic carbocycles. The highest BCUT2D eigenvalue weighted by molar-refractivity contribution is 5.79. The van der Waals surface area contributed by atoms with Crippen molar-refractivity contribution < 1.29 is 14.3 Å². The largest absolute Gasteiger partial charge is 0.376 e. The van der Waals surface area contributed by atoms with E-state index < -0.39 is 0 Å². The minimum absolute atomic E-state index is 0.0551. The maximum absolute atomic E-state index is 10.7. The van der Waals surface area contributed by atoms with E-state index in [1.165, 1.54) is 6.92 Å². The molecule has 0 aromatic heterocycles. The molecule has 0 rings (SSSR count). The Hall–Kier alpha value is -0.410. The summed E-state index contributed by atoms with van der Waals surface area (Å²) in [6.45, 7) is 8.24. The molecule has 0 amide bonds. The Morgan fingerprint density at radius 3 is 2.08 bits per heavy atom. The Labute approximate surface area is 74.0 Å². The summed E-state index contributed by atoms with van der Waals surface area (Å²) in [6.07, 6.45) is -0.0815. The molecule has 0 aromatic rings. The molecule has 0 bridgehead atoms. The Kier molecular flexibility index (Phi) is 5.93. The van der Waals surface area contributed by atoms with Gasteiger partial charge < -0.3 is 9.47 Å². The van der Waals surface area contributed by atoms with Gasteiger partial charge in [0.1, 0.15) is 6.10 Å². The van der Waals surface area contributed by atoms with Gasteiger partial charge in [0.15, 0.2) is 5.78 Å². The summed E-state index contributed by atoms with van der Waals surface area (Å²) in [7, 11) is 0. The van der Waals surface area contributed by atoms with Crippen molar-refractivity contribution in [2.75, 3.05) is 13.2 Å². The van der Waals surface area contributed by atoms with Gasteiger partial charge in [-0.05, 0) is 27.7 Å². The van der Waals surface area contributed by atoms with Crippen molar-refractivity contribution in [3.05, 3.63) is 0 Å². The Bertz CT molecular complexity index is 132. The summed E-state index contributed by atoms with van der Waals surface area (Å²) in [4.78, 5) is 10.7. The average molecular weight is 174 g/mol. The zero-order valence-corrected chi connectivity index (χ0v) is 8.29. The van der Waals surface area contributed by atoms with Gasteiger partial charge in [0.2, 0.25) is 0 Å². The topological polar surface area (TPSA) is 35.5 Å². The lowest BCUT2D eigenvalue weighted by Gasteiger charge is -2.11. The van der Waals surface area contributed by atoms with E-state index in [0.29, 0.717) is 13.2 Å². The van der Waals surface area contributed by atoms with E-state index in [1.54, 1.807) is 6.92 Å². The maximum Gasteiger partial charge on any atom is 0.158 e. The molecule has 1 unspecified atom stereocenters. The second-order valence-corrected chi connectivity index (χ2v) is 3.04. The summed E-state index contributed by atoms with van der Waals surface area (Å²) in [5.41, 5.74) is 0. The van der Waals surface area contributed by atoms with Crippen LogP contribution in [-0.4, -0.2) is 31.2 Å². The van der Waals surface area contributed by atoms with Crippen molar-refractivity contribution in [1.82, 2.24) is 0 Å². The van der Waals surface area contributed by atoms with Gasteiger partial charge in [-0.15, -0.1) is 0 Å². The van der Waals surface area contributed by atoms with Gasteiger partial charge in [-0.2, -0.15) is 0 Å². The van der Waals surface area contributed by atoms with Gasteiger partial charge in [0.25, 0.3) is 0 Å². The Morgan fingerprint density at radius 2 is 1.67 bits per heavy atom. The van der Waals surface area contributed by atoms with E-state index >= 15 is 0 Å². The molecule has 0 heterocycles. The highest BCUT2D eigenvalue weighted by Gasteiger charge is 2.06. The van der Waals surface area contributed by atoms with Crippen LogP contribution in [0.4, 0.5) is 0 Å². The molecule has 3 heteroatoms. The van der Waals surface area contributed by atoms with Crippen molar-refractivity contribution in [2.24, 2.45) is 0 Å². The van der Waals surface area contributed by atoms with E-state index in [9.17, 15) is 4.79 Å². The second-order valence-electron chi connectivity index (χ2n) is 3.04. The van der Waals surface area contributed by atoms with Crippen LogP contribution in [0.3, 0.4) is 0 Å². The monoisotopic (exact) mass is 174 g/mol. The molecule has 0 aliphatic rings. The maximum atomic E-state index is 10.7. The van der Waals surface area contributed by atoms with Crippen molar-refractivity contribution in [3.8, 4) is 0 Å². The van der Waals surface area contributed by atoms with Crippen LogP contribution in [0.5, 0.6) is 0 Å². The number of ketones is 1. The first kappa shape index (κ1) is 11.6. The number of carbonyl (C=O) groups is 1. The minimum Gasteiger partial charge on any atom is -0.376 e. The van der Waals surface area contributed by atoms with E-state index in [2.05, 4.69) is 0 Å². The first-order valence-electron chi connectivity index (χ1n) is 4.27. The van der Waals surface area contributed by atoms with Gasteiger partial charge in [-0.1, -0.05) is 0 Å². The molecule has 0 radical (unpaired) electrons. The first-order valence-corrected chi connectivity index (χ1v) is 4.27. The number of ether oxygens (including phenoxy) is 2. The molecular weight excluding hydrogens is 156 g/mol. The predicted molar refractivity (Wildman–Crippen MR) is 47.2 cm³/mol. The van der Waals surface area contributed by atoms with Gasteiger partial charge in [0.05, 0.1) is 19.3 Å². The number of hydrogen-bond donors (Lipinski definition) is 0.